The fourth-order valence-electron chi connectivity index (χ4n) is 1.50. The Labute approximate surface area is 98.2 Å². The molecule has 0 aliphatic heterocycles. The molecular weight excluding hydrogens is 210 g/mol. The van der Waals surface area contributed by atoms with Crippen LogP contribution in [-0.4, -0.2) is 12.6 Å². The number of ether oxygens (including phenoxy) is 1. The number of nitrogens with two attached hydrogens (primary N) is 1. The minimum Gasteiger partial charge on any atom is -0.494 e. The predicted octanol–water partition coefficient (Wildman–Crippen LogP) is 2.71. The monoisotopic (exact) mass is 229 g/mol. The lowest BCUT2D eigenvalue weighted by Gasteiger charge is -2.10. The molecule has 0 aliphatic rings. The summed E-state index contributed by atoms with van der Waals surface area (Å²) in [5.41, 5.74) is 8.33. The maximum absolute atomic E-state index is 5.76. The summed E-state index contributed by atoms with van der Waals surface area (Å²) < 4.78 is 5.42. The average Bonchev–Trinajstić information content (AvgIpc) is 2.10. The van der Waals surface area contributed by atoms with Crippen molar-refractivity contribution in [2.24, 2.45) is 5.73 Å². The van der Waals surface area contributed by atoms with Crippen LogP contribution in [0.15, 0.2) is 18.2 Å². The molecule has 1 aromatic rings. The van der Waals surface area contributed by atoms with E-state index in [2.05, 4.69) is 19.1 Å². The van der Waals surface area contributed by atoms with E-state index < -0.39 is 0 Å². The summed E-state index contributed by atoms with van der Waals surface area (Å²) >= 11 is 0. The van der Waals surface area contributed by atoms with Gasteiger partial charge in [-0.1, -0.05) is 6.07 Å². The van der Waals surface area contributed by atoms with Crippen molar-refractivity contribution >= 4 is 12.4 Å². The summed E-state index contributed by atoms with van der Waals surface area (Å²) in [6.07, 6.45) is 0.929. The lowest BCUT2D eigenvalue weighted by molar-refractivity contribution is 0.340. The van der Waals surface area contributed by atoms with E-state index in [1.54, 1.807) is 0 Å². The van der Waals surface area contributed by atoms with Crippen LogP contribution in [0.2, 0.25) is 0 Å². The molecule has 0 spiro atoms. The smallest absolute Gasteiger partial charge is 0.119 e. The van der Waals surface area contributed by atoms with E-state index >= 15 is 0 Å². The molecule has 0 fully saturated rings. The van der Waals surface area contributed by atoms with E-state index in [0.29, 0.717) is 6.61 Å². The highest BCUT2D eigenvalue weighted by molar-refractivity contribution is 5.85. The molecular formula is C12H20ClNO. The van der Waals surface area contributed by atoms with E-state index in [9.17, 15) is 0 Å². The molecule has 15 heavy (non-hydrogen) atoms. The Balaban J connectivity index is 0.00000196. The van der Waals surface area contributed by atoms with Gasteiger partial charge < -0.3 is 10.5 Å². The van der Waals surface area contributed by atoms with Gasteiger partial charge in [0.1, 0.15) is 5.75 Å². The summed E-state index contributed by atoms with van der Waals surface area (Å²) in [6, 6.07) is 6.39. The molecule has 0 aromatic heterocycles. The molecule has 0 saturated heterocycles. The first-order valence-corrected chi connectivity index (χ1v) is 5.11. The third-order valence-electron chi connectivity index (χ3n) is 2.17. The van der Waals surface area contributed by atoms with Crippen molar-refractivity contribution in [2.75, 3.05) is 6.61 Å². The van der Waals surface area contributed by atoms with Gasteiger partial charge in [0.05, 0.1) is 6.61 Å². The normalized spacial score (nSPS) is 11.7. The van der Waals surface area contributed by atoms with E-state index in [1.165, 1.54) is 11.1 Å². The first-order valence-electron chi connectivity index (χ1n) is 5.11. The average molecular weight is 230 g/mol. The fraction of sp³-hybridized carbons (Fsp3) is 0.500. The number of halogens is 1. The van der Waals surface area contributed by atoms with Crippen LogP contribution in [0.5, 0.6) is 5.75 Å². The number of rotatable bonds is 4. The number of benzene rings is 1. The second-order valence-corrected chi connectivity index (χ2v) is 3.70. The van der Waals surface area contributed by atoms with Crippen LogP contribution in [0, 0.1) is 6.92 Å². The molecule has 86 valence electrons. The summed E-state index contributed by atoms with van der Waals surface area (Å²) in [5, 5.41) is 0. The lowest BCUT2D eigenvalue weighted by Crippen LogP contribution is -2.18. The quantitative estimate of drug-likeness (QED) is 0.862. The Morgan fingerprint density at radius 3 is 2.53 bits per heavy atom. The molecule has 0 bridgehead atoms. The van der Waals surface area contributed by atoms with Crippen LogP contribution in [0.25, 0.3) is 0 Å². The van der Waals surface area contributed by atoms with E-state index in [0.717, 1.165) is 12.2 Å². The second kappa shape index (κ2) is 6.70. The van der Waals surface area contributed by atoms with Gasteiger partial charge in [0.2, 0.25) is 0 Å². The molecule has 1 aromatic carbocycles. The number of hydrogen-bond acceptors (Lipinski definition) is 2. The number of hydrogen-bond donors (Lipinski definition) is 1. The SMILES string of the molecule is CCOc1ccc(CC(C)N)c(C)c1.Cl. The van der Waals surface area contributed by atoms with Gasteiger partial charge in [0.15, 0.2) is 0 Å². The van der Waals surface area contributed by atoms with Gasteiger partial charge in [-0.2, -0.15) is 0 Å². The van der Waals surface area contributed by atoms with Gasteiger partial charge in [-0.3, -0.25) is 0 Å². The molecule has 0 radical (unpaired) electrons. The zero-order valence-electron chi connectivity index (χ0n) is 9.62. The Kier molecular flexibility index (Phi) is 6.37. The fourth-order valence-corrected chi connectivity index (χ4v) is 1.50. The van der Waals surface area contributed by atoms with Gasteiger partial charge in [0, 0.05) is 6.04 Å². The molecule has 2 N–H and O–H groups in total. The van der Waals surface area contributed by atoms with Crippen LogP contribution in [-0.2, 0) is 6.42 Å². The van der Waals surface area contributed by atoms with Crippen LogP contribution in [0.3, 0.4) is 0 Å². The molecule has 2 nitrogen and oxygen atoms in total. The highest BCUT2D eigenvalue weighted by Gasteiger charge is 2.02. The second-order valence-electron chi connectivity index (χ2n) is 3.70. The first-order chi connectivity index (χ1) is 6.63. The molecule has 0 aliphatic carbocycles. The Bertz CT molecular complexity index is 300. The minimum absolute atomic E-state index is 0. The summed E-state index contributed by atoms with van der Waals surface area (Å²) in [7, 11) is 0. The van der Waals surface area contributed by atoms with Gasteiger partial charge in [-0.15, -0.1) is 12.4 Å². The molecule has 0 amide bonds. The van der Waals surface area contributed by atoms with E-state index in [4.69, 9.17) is 10.5 Å². The van der Waals surface area contributed by atoms with Crippen LogP contribution in [0.1, 0.15) is 25.0 Å². The highest BCUT2D eigenvalue weighted by Crippen LogP contribution is 2.18. The third-order valence-corrected chi connectivity index (χ3v) is 2.17. The number of aryl methyl sites for hydroxylation is 1. The molecule has 3 heteroatoms. The topological polar surface area (TPSA) is 35.2 Å². The van der Waals surface area contributed by atoms with Crippen LogP contribution < -0.4 is 10.5 Å². The molecule has 1 atom stereocenters. The Morgan fingerprint density at radius 2 is 2.07 bits per heavy atom. The van der Waals surface area contributed by atoms with Gasteiger partial charge in [0.25, 0.3) is 0 Å². The van der Waals surface area contributed by atoms with Crippen molar-refractivity contribution in [3.63, 3.8) is 0 Å². The maximum atomic E-state index is 5.76. The summed E-state index contributed by atoms with van der Waals surface area (Å²) in [6.45, 7) is 6.83. The van der Waals surface area contributed by atoms with Crippen LogP contribution in [0.4, 0.5) is 0 Å². The van der Waals surface area contributed by atoms with Crippen molar-refractivity contribution < 1.29 is 4.74 Å². The summed E-state index contributed by atoms with van der Waals surface area (Å²) in [5.74, 6) is 0.943. The van der Waals surface area contributed by atoms with Crippen molar-refractivity contribution in [3.8, 4) is 5.75 Å². The van der Waals surface area contributed by atoms with Crippen LogP contribution >= 0.6 is 12.4 Å². The Morgan fingerprint density at radius 1 is 1.40 bits per heavy atom. The van der Waals surface area contributed by atoms with E-state index in [-0.39, 0.29) is 18.4 Å². The van der Waals surface area contributed by atoms with Gasteiger partial charge >= 0.3 is 0 Å². The zero-order valence-corrected chi connectivity index (χ0v) is 10.4. The third kappa shape index (κ3) is 4.54. The molecule has 0 heterocycles. The maximum Gasteiger partial charge on any atom is 0.119 e. The summed E-state index contributed by atoms with van der Waals surface area (Å²) in [4.78, 5) is 0. The van der Waals surface area contributed by atoms with Crippen molar-refractivity contribution in [2.45, 2.75) is 33.2 Å². The largest absolute Gasteiger partial charge is 0.494 e. The molecule has 0 saturated carbocycles. The van der Waals surface area contributed by atoms with E-state index in [1.807, 2.05) is 19.9 Å². The first kappa shape index (κ1) is 14.3. The van der Waals surface area contributed by atoms with Crippen molar-refractivity contribution in [1.82, 2.24) is 0 Å². The van der Waals surface area contributed by atoms with Gasteiger partial charge in [-0.25, -0.2) is 0 Å². The highest BCUT2D eigenvalue weighted by atomic mass is 35.5. The van der Waals surface area contributed by atoms with Crippen molar-refractivity contribution in [3.05, 3.63) is 29.3 Å². The van der Waals surface area contributed by atoms with Gasteiger partial charge in [-0.05, 0) is 50.5 Å². The minimum atomic E-state index is 0. The molecule has 1 unspecified atom stereocenters. The molecule has 1 rings (SSSR count). The predicted molar refractivity (Wildman–Crippen MR) is 66.9 cm³/mol. The standard InChI is InChI=1S/C12H19NO.ClH/c1-4-14-12-6-5-11(8-10(3)13)9(2)7-12;/h5-7,10H,4,8,13H2,1-3H3;1H. The zero-order chi connectivity index (χ0) is 10.6. The Hall–Kier alpha value is -0.730. The lowest BCUT2D eigenvalue weighted by atomic mass is 10.0. The van der Waals surface area contributed by atoms with Crippen molar-refractivity contribution in [1.29, 1.82) is 0 Å².